The van der Waals surface area contributed by atoms with Gasteiger partial charge in [-0.2, -0.15) is 4.98 Å². The van der Waals surface area contributed by atoms with Crippen molar-refractivity contribution in [2.45, 2.75) is 32.4 Å². The van der Waals surface area contributed by atoms with Gasteiger partial charge in [0.15, 0.2) is 0 Å². The number of carbonyl (C=O) groups excluding carboxylic acids is 1. The number of piperazine rings is 1. The van der Waals surface area contributed by atoms with E-state index < -0.39 is 0 Å². The monoisotopic (exact) mass is 377 g/mol. The lowest BCUT2D eigenvalue weighted by molar-refractivity contribution is -0.133. The van der Waals surface area contributed by atoms with E-state index in [1.165, 1.54) is 0 Å². The van der Waals surface area contributed by atoms with Gasteiger partial charge in [0.2, 0.25) is 17.6 Å². The van der Waals surface area contributed by atoms with Crippen LogP contribution in [0.1, 0.15) is 25.7 Å². The quantitative estimate of drug-likeness (QED) is 0.829. The second kappa shape index (κ2) is 8.62. The van der Waals surface area contributed by atoms with Crippen LogP contribution in [0.15, 0.2) is 28.8 Å². The van der Waals surface area contributed by atoms with Crippen molar-refractivity contribution in [3.05, 3.63) is 35.2 Å². The number of amides is 1. The lowest BCUT2D eigenvalue weighted by Gasteiger charge is -2.34. The summed E-state index contributed by atoms with van der Waals surface area (Å²) in [5.74, 6) is 1.32. The maximum atomic E-state index is 12.2. The number of nitrogens with zero attached hydrogens (tertiary/aromatic N) is 4. The molecule has 1 unspecified atom stereocenters. The van der Waals surface area contributed by atoms with E-state index in [1.807, 2.05) is 24.0 Å². The molecule has 2 N–H and O–H groups in total. The van der Waals surface area contributed by atoms with E-state index in [2.05, 4.69) is 15.0 Å². The molecule has 140 valence electrons. The van der Waals surface area contributed by atoms with Gasteiger partial charge in [-0.3, -0.25) is 9.69 Å². The maximum Gasteiger partial charge on any atom is 0.241 e. The summed E-state index contributed by atoms with van der Waals surface area (Å²) in [5.41, 5.74) is 6.59. The van der Waals surface area contributed by atoms with Crippen molar-refractivity contribution < 1.29 is 9.32 Å². The van der Waals surface area contributed by atoms with Crippen LogP contribution < -0.4 is 5.73 Å². The molecule has 2 aromatic rings. The third kappa shape index (κ3) is 5.03. The van der Waals surface area contributed by atoms with Crippen molar-refractivity contribution in [1.82, 2.24) is 19.9 Å². The minimum Gasteiger partial charge on any atom is -0.340 e. The summed E-state index contributed by atoms with van der Waals surface area (Å²) in [4.78, 5) is 20.7. The second-order valence-electron chi connectivity index (χ2n) is 6.69. The van der Waals surface area contributed by atoms with Crippen molar-refractivity contribution in [2.24, 2.45) is 5.73 Å². The first-order valence-corrected chi connectivity index (χ1v) is 9.23. The van der Waals surface area contributed by atoms with Gasteiger partial charge in [-0.25, -0.2) is 0 Å². The summed E-state index contributed by atoms with van der Waals surface area (Å²) in [6.07, 6.45) is 1.25. The first-order valence-electron chi connectivity index (χ1n) is 8.85. The lowest BCUT2D eigenvalue weighted by Crippen LogP contribution is -2.48. The Morgan fingerprint density at radius 3 is 2.62 bits per heavy atom. The summed E-state index contributed by atoms with van der Waals surface area (Å²) in [6, 6.07) is 7.39. The summed E-state index contributed by atoms with van der Waals surface area (Å²) >= 11 is 5.90. The second-order valence-corrected chi connectivity index (χ2v) is 7.13. The Morgan fingerprint density at radius 2 is 1.96 bits per heavy atom. The Labute approximate surface area is 158 Å². The third-order valence-corrected chi connectivity index (χ3v) is 4.72. The zero-order chi connectivity index (χ0) is 18.5. The SMILES string of the molecule is CC(N)CCC(=O)N1CCN(Cc2nc(-c3ccc(Cl)cc3)no2)CC1. The fourth-order valence-electron chi connectivity index (χ4n) is 2.89. The van der Waals surface area contributed by atoms with E-state index >= 15 is 0 Å². The van der Waals surface area contributed by atoms with Gasteiger partial charge in [0.05, 0.1) is 6.54 Å². The Kier molecular flexibility index (Phi) is 6.24. The highest BCUT2D eigenvalue weighted by molar-refractivity contribution is 6.30. The number of nitrogens with two attached hydrogens (primary N) is 1. The van der Waals surface area contributed by atoms with E-state index in [-0.39, 0.29) is 11.9 Å². The zero-order valence-electron chi connectivity index (χ0n) is 14.9. The Hall–Kier alpha value is -1.96. The van der Waals surface area contributed by atoms with Gasteiger partial charge in [-0.15, -0.1) is 0 Å². The van der Waals surface area contributed by atoms with Gasteiger partial charge in [0, 0.05) is 49.2 Å². The van der Waals surface area contributed by atoms with Crippen molar-refractivity contribution in [3.8, 4) is 11.4 Å². The predicted molar refractivity (Wildman–Crippen MR) is 99.5 cm³/mol. The van der Waals surface area contributed by atoms with E-state index in [0.29, 0.717) is 29.7 Å². The van der Waals surface area contributed by atoms with Gasteiger partial charge in [-0.1, -0.05) is 16.8 Å². The van der Waals surface area contributed by atoms with E-state index in [0.717, 1.165) is 38.2 Å². The molecule has 2 heterocycles. The predicted octanol–water partition coefficient (Wildman–Crippen LogP) is 2.16. The highest BCUT2D eigenvalue weighted by Crippen LogP contribution is 2.19. The first kappa shape index (κ1) is 18.8. The molecule has 3 rings (SSSR count). The van der Waals surface area contributed by atoms with Gasteiger partial charge in [-0.05, 0) is 37.6 Å². The number of rotatable bonds is 6. The van der Waals surface area contributed by atoms with Crippen LogP contribution in [0.2, 0.25) is 5.02 Å². The molecule has 0 aliphatic carbocycles. The molecule has 7 nitrogen and oxygen atoms in total. The standard InChI is InChI=1S/C18H24ClN5O2/c1-13(20)2-7-17(25)24-10-8-23(9-11-24)12-16-21-18(22-26-16)14-3-5-15(19)6-4-14/h3-6,13H,2,7-12,20H2,1H3. The van der Waals surface area contributed by atoms with Crippen molar-refractivity contribution in [3.63, 3.8) is 0 Å². The van der Waals surface area contributed by atoms with Gasteiger partial charge in [0.25, 0.3) is 0 Å². The average molecular weight is 378 g/mol. The van der Waals surface area contributed by atoms with Gasteiger partial charge in [0.1, 0.15) is 0 Å². The molecule has 1 atom stereocenters. The van der Waals surface area contributed by atoms with Crippen LogP contribution in [0.5, 0.6) is 0 Å². The van der Waals surface area contributed by atoms with Crippen molar-refractivity contribution in [1.29, 1.82) is 0 Å². The van der Waals surface area contributed by atoms with Crippen LogP contribution in [0.25, 0.3) is 11.4 Å². The van der Waals surface area contributed by atoms with E-state index in [1.54, 1.807) is 12.1 Å². The minimum absolute atomic E-state index is 0.0626. The molecular weight excluding hydrogens is 354 g/mol. The molecule has 1 aromatic heterocycles. The van der Waals surface area contributed by atoms with Gasteiger partial charge < -0.3 is 15.2 Å². The zero-order valence-corrected chi connectivity index (χ0v) is 15.7. The number of benzene rings is 1. The first-order chi connectivity index (χ1) is 12.5. The number of hydrogen-bond acceptors (Lipinski definition) is 6. The molecular formula is C18H24ClN5O2. The highest BCUT2D eigenvalue weighted by atomic mass is 35.5. The fraction of sp³-hybridized carbons (Fsp3) is 0.500. The largest absolute Gasteiger partial charge is 0.340 e. The summed E-state index contributed by atoms with van der Waals surface area (Å²) in [6.45, 7) is 5.54. The van der Waals surface area contributed by atoms with Crippen LogP contribution >= 0.6 is 11.6 Å². The molecule has 26 heavy (non-hydrogen) atoms. The van der Waals surface area contributed by atoms with Crippen molar-refractivity contribution in [2.75, 3.05) is 26.2 Å². The van der Waals surface area contributed by atoms with E-state index in [4.69, 9.17) is 21.9 Å². The molecule has 1 aromatic carbocycles. The molecule has 1 aliphatic heterocycles. The fourth-order valence-corrected chi connectivity index (χ4v) is 3.02. The Morgan fingerprint density at radius 1 is 1.27 bits per heavy atom. The number of carbonyl (C=O) groups is 1. The molecule has 8 heteroatoms. The lowest BCUT2D eigenvalue weighted by atomic mass is 10.1. The summed E-state index contributed by atoms with van der Waals surface area (Å²) in [5, 5.41) is 4.71. The number of halogens is 1. The average Bonchev–Trinajstić information content (AvgIpc) is 3.09. The normalized spacial score (nSPS) is 16.7. The minimum atomic E-state index is 0.0626. The van der Waals surface area contributed by atoms with Crippen molar-refractivity contribution >= 4 is 17.5 Å². The molecule has 0 bridgehead atoms. The topological polar surface area (TPSA) is 88.5 Å². The van der Waals surface area contributed by atoms with Crippen LogP contribution in [-0.4, -0.2) is 58.1 Å². The Bertz CT molecular complexity index is 723. The summed E-state index contributed by atoms with van der Waals surface area (Å²) in [7, 11) is 0. The summed E-state index contributed by atoms with van der Waals surface area (Å²) < 4.78 is 5.36. The highest BCUT2D eigenvalue weighted by Gasteiger charge is 2.22. The Balaban J connectivity index is 1.49. The molecule has 0 spiro atoms. The van der Waals surface area contributed by atoms with E-state index in [9.17, 15) is 4.79 Å². The van der Waals surface area contributed by atoms with Gasteiger partial charge >= 0.3 is 0 Å². The molecule has 1 saturated heterocycles. The molecule has 0 saturated carbocycles. The van der Waals surface area contributed by atoms with Crippen LogP contribution in [0.4, 0.5) is 0 Å². The van der Waals surface area contributed by atoms with Crippen LogP contribution in [0.3, 0.4) is 0 Å². The molecule has 1 aliphatic rings. The van der Waals surface area contributed by atoms with Crippen LogP contribution in [-0.2, 0) is 11.3 Å². The smallest absolute Gasteiger partial charge is 0.241 e. The molecule has 0 radical (unpaired) electrons. The maximum absolute atomic E-state index is 12.2. The molecule has 1 fully saturated rings. The third-order valence-electron chi connectivity index (χ3n) is 4.47. The molecule has 1 amide bonds. The number of aromatic nitrogens is 2. The number of hydrogen-bond donors (Lipinski definition) is 1. The van der Waals surface area contributed by atoms with Crippen LogP contribution in [0, 0.1) is 0 Å².